The second-order valence-corrected chi connectivity index (χ2v) is 16.3. The van der Waals surface area contributed by atoms with Crippen LogP contribution in [0.1, 0.15) is 194 Å². The first-order valence-electron chi connectivity index (χ1n) is 22.5. The van der Waals surface area contributed by atoms with Gasteiger partial charge < -0.3 is 23.8 Å². The minimum atomic E-state index is -0.877. The van der Waals surface area contributed by atoms with Gasteiger partial charge in [0.05, 0.1) is 34.4 Å². The molecular formula is C47H86NO7+. The van der Waals surface area contributed by atoms with E-state index in [1.165, 1.54) is 109 Å². The van der Waals surface area contributed by atoms with Crippen LogP contribution in [-0.2, 0) is 28.6 Å². The molecule has 0 rings (SSSR count). The van der Waals surface area contributed by atoms with Gasteiger partial charge in [0.2, 0.25) is 0 Å². The fourth-order valence-corrected chi connectivity index (χ4v) is 6.47. The Balaban J connectivity index is 4.26. The van der Waals surface area contributed by atoms with E-state index in [0.29, 0.717) is 19.3 Å². The quantitative estimate of drug-likeness (QED) is 0.0217. The average molecular weight is 777 g/mol. The highest BCUT2D eigenvalue weighted by molar-refractivity contribution is 5.72. The summed E-state index contributed by atoms with van der Waals surface area (Å²) in [5, 5.41) is 9.61. The van der Waals surface area contributed by atoms with Crippen molar-refractivity contribution in [2.75, 3.05) is 41.0 Å². The summed E-state index contributed by atoms with van der Waals surface area (Å²) in [5.41, 5.74) is 0. The maximum Gasteiger partial charge on any atom is 0.362 e. The number of carbonyl (C=O) groups excluding carboxylic acids is 2. The summed E-state index contributed by atoms with van der Waals surface area (Å²) in [7, 11) is 5.52. The fraction of sp³-hybridized carbons (Fsp3) is 0.809. The first-order valence-corrected chi connectivity index (χ1v) is 22.5. The summed E-state index contributed by atoms with van der Waals surface area (Å²) in [6.45, 7) is 4.67. The molecule has 8 heteroatoms. The van der Waals surface area contributed by atoms with Crippen molar-refractivity contribution in [1.29, 1.82) is 0 Å². The molecule has 2 unspecified atom stereocenters. The highest BCUT2D eigenvalue weighted by Crippen LogP contribution is 2.14. The van der Waals surface area contributed by atoms with Crippen molar-refractivity contribution < 1.29 is 38.2 Å². The number of carbonyl (C=O) groups is 3. The maximum atomic E-state index is 12.7. The number of ether oxygens (including phenoxy) is 3. The molecule has 0 spiro atoms. The molecule has 0 fully saturated rings. The van der Waals surface area contributed by atoms with Crippen LogP contribution in [-0.4, -0.2) is 80.6 Å². The molecule has 0 aliphatic carbocycles. The molecule has 0 aromatic carbocycles. The van der Waals surface area contributed by atoms with Crippen molar-refractivity contribution in [2.24, 2.45) is 0 Å². The monoisotopic (exact) mass is 777 g/mol. The van der Waals surface area contributed by atoms with Gasteiger partial charge in [-0.25, -0.2) is 4.79 Å². The summed E-state index contributed by atoms with van der Waals surface area (Å²) in [4.78, 5) is 36.9. The molecule has 0 aromatic heterocycles. The molecule has 0 bridgehead atoms. The molecule has 55 heavy (non-hydrogen) atoms. The SMILES string of the molecule is CCCC/C=C/CCCCCCCC(=O)OC(COCCC(C(=O)O)[N+](C)(C)C)COC(=O)CCCCCCCCCCCC/C=C/C=C/CCCCCC. The Kier molecular flexibility index (Phi) is 36.7. The average Bonchev–Trinajstić information content (AvgIpc) is 3.14. The lowest BCUT2D eigenvalue weighted by atomic mass is 10.1. The van der Waals surface area contributed by atoms with Crippen LogP contribution in [0.4, 0.5) is 0 Å². The molecule has 320 valence electrons. The molecule has 0 radical (unpaired) electrons. The second kappa shape index (κ2) is 38.4. The van der Waals surface area contributed by atoms with E-state index >= 15 is 0 Å². The lowest BCUT2D eigenvalue weighted by Gasteiger charge is -2.31. The summed E-state index contributed by atoms with van der Waals surface area (Å²) in [5.74, 6) is -1.48. The number of quaternary nitrogens is 1. The fourth-order valence-electron chi connectivity index (χ4n) is 6.47. The lowest BCUT2D eigenvalue weighted by molar-refractivity contribution is -0.887. The van der Waals surface area contributed by atoms with Crippen LogP contribution in [0.15, 0.2) is 36.5 Å². The standard InChI is InChI=1S/C47H85NO7/c1-6-8-10-12-14-16-18-19-20-21-22-23-24-25-26-28-29-31-33-35-37-45(49)54-42-43(41-53-40-39-44(47(51)52)48(3,4)5)55-46(50)38-36-34-32-30-27-17-15-13-11-9-7-2/h13,15-16,18-20,43-44H,6-12,14,17,21-42H2,1-5H3/p+1/b15-13+,18-16+,20-19+. The smallest absolute Gasteiger partial charge is 0.362 e. The Morgan fingerprint density at radius 3 is 1.47 bits per heavy atom. The molecule has 0 saturated heterocycles. The number of likely N-dealkylation sites (N-methyl/N-ethyl adjacent to an activating group) is 1. The van der Waals surface area contributed by atoms with Crippen LogP contribution in [0, 0.1) is 0 Å². The zero-order chi connectivity index (χ0) is 40.7. The second-order valence-electron chi connectivity index (χ2n) is 16.3. The number of aliphatic carboxylic acids is 1. The topological polar surface area (TPSA) is 99.1 Å². The van der Waals surface area contributed by atoms with Gasteiger partial charge in [-0.15, -0.1) is 0 Å². The molecule has 0 aromatic rings. The van der Waals surface area contributed by atoms with E-state index in [-0.39, 0.29) is 36.2 Å². The molecule has 1 N–H and O–H groups in total. The molecular weight excluding hydrogens is 691 g/mol. The van der Waals surface area contributed by atoms with Gasteiger partial charge in [-0.3, -0.25) is 9.59 Å². The number of hydrogen-bond donors (Lipinski definition) is 1. The van der Waals surface area contributed by atoms with Crippen molar-refractivity contribution in [3.63, 3.8) is 0 Å². The van der Waals surface area contributed by atoms with E-state index in [4.69, 9.17) is 14.2 Å². The molecule has 0 aliphatic heterocycles. The van der Waals surface area contributed by atoms with Gasteiger partial charge in [-0.2, -0.15) is 0 Å². The van der Waals surface area contributed by atoms with E-state index in [1.54, 1.807) is 0 Å². The van der Waals surface area contributed by atoms with E-state index in [9.17, 15) is 19.5 Å². The Labute approximate surface area is 338 Å². The molecule has 0 amide bonds. The van der Waals surface area contributed by atoms with Crippen molar-refractivity contribution in [3.05, 3.63) is 36.5 Å². The molecule has 0 heterocycles. The van der Waals surface area contributed by atoms with Crippen LogP contribution in [0.5, 0.6) is 0 Å². The van der Waals surface area contributed by atoms with Gasteiger partial charge in [-0.1, -0.05) is 153 Å². The highest BCUT2D eigenvalue weighted by Gasteiger charge is 2.31. The lowest BCUT2D eigenvalue weighted by Crippen LogP contribution is -2.50. The number of esters is 2. The van der Waals surface area contributed by atoms with Crippen LogP contribution in [0.25, 0.3) is 0 Å². The van der Waals surface area contributed by atoms with Crippen LogP contribution < -0.4 is 0 Å². The van der Waals surface area contributed by atoms with Crippen molar-refractivity contribution in [2.45, 2.75) is 206 Å². The third kappa shape index (κ3) is 36.9. The normalized spacial score (nSPS) is 13.3. The van der Waals surface area contributed by atoms with E-state index in [2.05, 4.69) is 50.3 Å². The Morgan fingerprint density at radius 2 is 0.982 bits per heavy atom. The number of carboxylic acid groups (broad SMARTS) is 1. The van der Waals surface area contributed by atoms with Crippen molar-refractivity contribution >= 4 is 17.9 Å². The van der Waals surface area contributed by atoms with Crippen LogP contribution in [0.2, 0.25) is 0 Å². The number of hydrogen-bond acceptors (Lipinski definition) is 6. The number of carboxylic acids is 1. The van der Waals surface area contributed by atoms with Crippen LogP contribution >= 0.6 is 0 Å². The summed E-state index contributed by atoms with van der Waals surface area (Å²) >= 11 is 0. The van der Waals surface area contributed by atoms with Gasteiger partial charge in [-0.05, 0) is 57.8 Å². The van der Waals surface area contributed by atoms with E-state index < -0.39 is 18.1 Å². The molecule has 8 nitrogen and oxygen atoms in total. The van der Waals surface area contributed by atoms with E-state index in [1.807, 2.05) is 21.1 Å². The number of nitrogens with zero attached hydrogens (tertiary/aromatic N) is 1. The zero-order valence-electron chi connectivity index (χ0n) is 36.4. The van der Waals surface area contributed by atoms with Crippen molar-refractivity contribution in [1.82, 2.24) is 0 Å². The number of rotatable bonds is 40. The van der Waals surface area contributed by atoms with Crippen LogP contribution in [0.3, 0.4) is 0 Å². The molecule has 2 atom stereocenters. The summed E-state index contributed by atoms with van der Waals surface area (Å²) < 4.78 is 17.3. The van der Waals surface area contributed by atoms with Gasteiger partial charge >= 0.3 is 17.9 Å². The minimum Gasteiger partial charge on any atom is -0.477 e. The molecule has 0 saturated carbocycles. The highest BCUT2D eigenvalue weighted by atomic mass is 16.6. The zero-order valence-corrected chi connectivity index (χ0v) is 36.4. The Hall–Kier alpha value is -2.45. The minimum absolute atomic E-state index is 0.0550. The number of allylic oxidation sites excluding steroid dienone is 6. The predicted octanol–water partition coefficient (Wildman–Crippen LogP) is 12.2. The van der Waals surface area contributed by atoms with E-state index in [0.717, 1.165) is 51.4 Å². The van der Waals surface area contributed by atoms with Gasteiger partial charge in [0.15, 0.2) is 12.1 Å². The summed E-state index contributed by atoms with van der Waals surface area (Å²) in [6.07, 6.45) is 43.3. The first-order chi connectivity index (χ1) is 26.6. The van der Waals surface area contributed by atoms with Gasteiger partial charge in [0.1, 0.15) is 6.61 Å². The Bertz CT molecular complexity index is 1000. The third-order valence-corrected chi connectivity index (χ3v) is 10.0. The largest absolute Gasteiger partial charge is 0.477 e. The summed E-state index contributed by atoms with van der Waals surface area (Å²) in [6, 6.07) is -0.615. The Morgan fingerprint density at radius 1 is 0.545 bits per heavy atom. The maximum absolute atomic E-state index is 12.7. The molecule has 0 aliphatic rings. The van der Waals surface area contributed by atoms with Gasteiger partial charge in [0, 0.05) is 19.3 Å². The third-order valence-electron chi connectivity index (χ3n) is 10.0. The first kappa shape index (κ1) is 52.6. The van der Waals surface area contributed by atoms with Gasteiger partial charge in [0.25, 0.3) is 0 Å². The van der Waals surface area contributed by atoms with Crippen molar-refractivity contribution in [3.8, 4) is 0 Å². The predicted molar refractivity (Wildman–Crippen MR) is 229 cm³/mol. The number of unbranched alkanes of at least 4 members (excludes halogenated alkanes) is 21.